The number of hydrogen-bond donors (Lipinski definition) is 4. The molecule has 8 heteroatoms. The molecule has 29 heavy (non-hydrogen) atoms. The number of aromatic hydroxyl groups is 1. The number of aromatic nitrogens is 3. The van der Waals surface area contributed by atoms with Gasteiger partial charge in [0.15, 0.2) is 5.65 Å². The number of fused-ring (bicyclic) bond motifs is 1. The molecule has 7 nitrogen and oxygen atoms in total. The van der Waals surface area contributed by atoms with Crippen molar-refractivity contribution in [3.8, 4) is 17.0 Å². The Balaban J connectivity index is 1.80. The number of carbonyl (C=O) groups excluding carboxylic acids is 1. The van der Waals surface area contributed by atoms with E-state index in [-0.39, 0.29) is 22.8 Å². The number of phenols is 1. The van der Waals surface area contributed by atoms with Gasteiger partial charge in [-0.05, 0) is 50.9 Å². The first-order valence-electron chi connectivity index (χ1n) is 9.80. The quantitative estimate of drug-likeness (QED) is 0.542. The zero-order chi connectivity index (χ0) is 20.6. The zero-order valence-corrected chi connectivity index (χ0v) is 16.5. The van der Waals surface area contributed by atoms with Gasteiger partial charge in [-0.2, -0.15) is 5.10 Å². The lowest BCUT2D eigenvalue weighted by molar-refractivity contribution is 0.0876. The molecule has 1 aliphatic heterocycles. The highest BCUT2D eigenvalue weighted by Gasteiger charge is 2.33. The van der Waals surface area contributed by atoms with Gasteiger partial charge in [0.25, 0.3) is 5.91 Å². The second kappa shape index (κ2) is 7.44. The molecule has 1 fully saturated rings. The lowest BCUT2D eigenvalue weighted by Gasteiger charge is -2.38. The number of pyridine rings is 1. The number of aryl methyl sites for hydroxylation is 1. The first-order valence-corrected chi connectivity index (χ1v) is 9.80. The second-order valence-electron chi connectivity index (χ2n) is 7.62. The molecule has 0 bridgehead atoms. The maximum Gasteiger partial charge on any atom is 0.252 e. The Morgan fingerprint density at radius 1 is 1.38 bits per heavy atom. The third-order valence-electron chi connectivity index (χ3n) is 5.71. The Hall–Kier alpha value is -3.00. The average molecular weight is 397 g/mol. The van der Waals surface area contributed by atoms with Gasteiger partial charge in [-0.25, -0.2) is 9.37 Å². The van der Waals surface area contributed by atoms with Crippen LogP contribution in [0.1, 0.15) is 42.2 Å². The summed E-state index contributed by atoms with van der Waals surface area (Å²) in [7, 11) is 0. The Kier molecular flexibility index (Phi) is 4.96. The number of benzene rings is 1. The number of H-pyrrole nitrogens is 1. The van der Waals surface area contributed by atoms with E-state index in [4.69, 9.17) is 0 Å². The van der Waals surface area contributed by atoms with Crippen LogP contribution in [0.15, 0.2) is 24.3 Å². The van der Waals surface area contributed by atoms with Crippen LogP contribution in [0, 0.1) is 12.7 Å². The minimum absolute atomic E-state index is 0.169. The second-order valence-corrected chi connectivity index (χ2v) is 7.62. The number of nitrogens with zero attached hydrogens (tertiary/aromatic N) is 2. The van der Waals surface area contributed by atoms with Crippen LogP contribution < -0.4 is 10.6 Å². The fourth-order valence-corrected chi connectivity index (χ4v) is 3.99. The Morgan fingerprint density at radius 2 is 2.21 bits per heavy atom. The van der Waals surface area contributed by atoms with Crippen LogP contribution in [-0.4, -0.2) is 44.8 Å². The molecule has 152 valence electrons. The van der Waals surface area contributed by atoms with Crippen LogP contribution >= 0.6 is 0 Å². The summed E-state index contributed by atoms with van der Waals surface area (Å²) in [5.74, 6) is -1.01. The standard InChI is InChI=1S/C21H24FN5O2/c1-3-21(7-4-8-23-11-21)25-20(29)15-10-17(14-6-5-13(28)9-16(14)22)24-19-18(15)12(2)26-27-19/h5-6,9-10,23,28H,3-4,7-8,11H2,1-2H3,(H,25,29)(H,24,26,27). The zero-order valence-electron chi connectivity index (χ0n) is 16.5. The lowest BCUT2D eigenvalue weighted by Crippen LogP contribution is -2.57. The molecule has 3 aromatic rings. The molecule has 1 aliphatic rings. The predicted octanol–water partition coefficient (Wildman–Crippen LogP) is 3.04. The van der Waals surface area contributed by atoms with Crippen molar-refractivity contribution in [2.75, 3.05) is 13.1 Å². The highest BCUT2D eigenvalue weighted by atomic mass is 19.1. The van der Waals surface area contributed by atoms with E-state index in [1.807, 2.05) is 0 Å². The molecular formula is C21H24FN5O2. The summed E-state index contributed by atoms with van der Waals surface area (Å²) in [4.78, 5) is 17.8. The molecule has 1 aromatic carbocycles. The largest absolute Gasteiger partial charge is 0.508 e. The highest BCUT2D eigenvalue weighted by molar-refractivity contribution is 6.07. The number of carbonyl (C=O) groups is 1. The number of nitrogens with one attached hydrogen (secondary N) is 3. The molecule has 4 N–H and O–H groups in total. The first-order chi connectivity index (χ1) is 13.9. The van der Waals surface area contributed by atoms with Crippen molar-refractivity contribution in [1.29, 1.82) is 0 Å². The van der Waals surface area contributed by atoms with E-state index >= 15 is 0 Å². The lowest BCUT2D eigenvalue weighted by atomic mass is 9.87. The van der Waals surface area contributed by atoms with Crippen molar-refractivity contribution in [3.63, 3.8) is 0 Å². The Morgan fingerprint density at radius 3 is 2.90 bits per heavy atom. The molecule has 0 aliphatic carbocycles. The Bertz CT molecular complexity index is 1070. The summed E-state index contributed by atoms with van der Waals surface area (Å²) in [6.45, 7) is 5.53. The molecular weight excluding hydrogens is 373 g/mol. The molecule has 0 saturated carbocycles. The molecule has 1 saturated heterocycles. The van der Waals surface area contributed by atoms with Crippen molar-refractivity contribution in [2.24, 2.45) is 0 Å². The van der Waals surface area contributed by atoms with Gasteiger partial charge in [-0.15, -0.1) is 0 Å². The van der Waals surface area contributed by atoms with E-state index in [0.29, 0.717) is 34.5 Å². The molecule has 2 aromatic heterocycles. The van der Waals surface area contributed by atoms with Gasteiger partial charge in [-0.1, -0.05) is 6.92 Å². The summed E-state index contributed by atoms with van der Waals surface area (Å²) in [5.41, 5.74) is 1.67. The smallest absolute Gasteiger partial charge is 0.252 e. The molecule has 1 unspecified atom stereocenters. The summed E-state index contributed by atoms with van der Waals surface area (Å²) in [6.07, 6.45) is 2.71. The molecule has 1 atom stereocenters. The van der Waals surface area contributed by atoms with E-state index < -0.39 is 5.82 Å². The molecule has 0 radical (unpaired) electrons. The Labute approximate surface area is 167 Å². The monoisotopic (exact) mass is 397 g/mol. The topological polar surface area (TPSA) is 103 Å². The van der Waals surface area contributed by atoms with Gasteiger partial charge >= 0.3 is 0 Å². The van der Waals surface area contributed by atoms with Crippen molar-refractivity contribution in [2.45, 2.75) is 38.6 Å². The van der Waals surface area contributed by atoms with Gasteiger partial charge in [0.05, 0.1) is 27.9 Å². The number of aromatic amines is 1. The third kappa shape index (κ3) is 3.55. The van der Waals surface area contributed by atoms with E-state index in [9.17, 15) is 14.3 Å². The minimum atomic E-state index is -0.610. The van der Waals surface area contributed by atoms with Gasteiger partial charge in [0.1, 0.15) is 11.6 Å². The normalized spacial score (nSPS) is 19.4. The first kappa shape index (κ1) is 19.3. The molecule has 4 rings (SSSR count). The maximum atomic E-state index is 14.4. The number of hydrogen-bond acceptors (Lipinski definition) is 5. The number of amides is 1. The molecule has 3 heterocycles. The third-order valence-corrected chi connectivity index (χ3v) is 5.71. The van der Waals surface area contributed by atoms with Crippen LogP contribution in [0.2, 0.25) is 0 Å². The van der Waals surface area contributed by atoms with E-state index in [2.05, 4.69) is 32.7 Å². The summed E-state index contributed by atoms with van der Waals surface area (Å²) >= 11 is 0. The van der Waals surface area contributed by atoms with Crippen molar-refractivity contribution < 1.29 is 14.3 Å². The number of phenolic OH excluding ortho intramolecular Hbond substituents is 1. The van der Waals surface area contributed by atoms with Crippen molar-refractivity contribution in [3.05, 3.63) is 41.3 Å². The summed E-state index contributed by atoms with van der Waals surface area (Å²) in [6, 6.07) is 5.46. The van der Waals surface area contributed by atoms with E-state index in [1.54, 1.807) is 13.0 Å². The number of rotatable bonds is 4. The SMILES string of the molecule is CCC1(NC(=O)c2cc(-c3ccc(O)cc3F)nc3[nH]nc(C)c23)CCCNC1. The summed E-state index contributed by atoms with van der Waals surface area (Å²) < 4.78 is 14.4. The number of halogens is 1. The van der Waals surface area contributed by atoms with Gasteiger partial charge in [-0.3, -0.25) is 9.89 Å². The van der Waals surface area contributed by atoms with Crippen LogP contribution in [-0.2, 0) is 0 Å². The minimum Gasteiger partial charge on any atom is -0.508 e. The van der Waals surface area contributed by atoms with Crippen LogP contribution in [0.5, 0.6) is 5.75 Å². The van der Waals surface area contributed by atoms with Crippen molar-refractivity contribution in [1.82, 2.24) is 25.8 Å². The average Bonchev–Trinajstić information content (AvgIpc) is 3.09. The van der Waals surface area contributed by atoms with Crippen LogP contribution in [0.3, 0.4) is 0 Å². The molecule has 1 amide bonds. The van der Waals surface area contributed by atoms with Crippen molar-refractivity contribution >= 4 is 16.9 Å². The fourth-order valence-electron chi connectivity index (χ4n) is 3.99. The predicted molar refractivity (Wildman–Crippen MR) is 108 cm³/mol. The molecule has 0 spiro atoms. The van der Waals surface area contributed by atoms with Gasteiger partial charge < -0.3 is 15.7 Å². The summed E-state index contributed by atoms with van der Waals surface area (Å²) in [5, 5.41) is 23.7. The highest BCUT2D eigenvalue weighted by Crippen LogP contribution is 2.30. The van der Waals surface area contributed by atoms with Crippen LogP contribution in [0.4, 0.5) is 4.39 Å². The van der Waals surface area contributed by atoms with E-state index in [0.717, 1.165) is 31.9 Å². The van der Waals surface area contributed by atoms with E-state index in [1.165, 1.54) is 12.1 Å². The maximum absolute atomic E-state index is 14.4. The number of piperidine rings is 1. The fraction of sp³-hybridized carbons (Fsp3) is 0.381. The van der Waals surface area contributed by atoms with Gasteiger partial charge in [0.2, 0.25) is 0 Å². The van der Waals surface area contributed by atoms with Crippen LogP contribution in [0.25, 0.3) is 22.3 Å². The van der Waals surface area contributed by atoms with Gasteiger partial charge in [0, 0.05) is 18.2 Å².